The van der Waals surface area contributed by atoms with Crippen molar-refractivity contribution >= 4 is 18.8 Å². The molecule has 0 atom stereocenters. The zero-order valence-electron chi connectivity index (χ0n) is 3.34. The first-order valence-corrected chi connectivity index (χ1v) is 6.68. The number of nitro groups is 1. The van der Waals surface area contributed by atoms with E-state index in [1.54, 1.807) is 0 Å². The molecule has 0 heterocycles. The molecule has 0 N–H and O–H groups in total. The monoisotopic (exact) mass is 326 g/mol. The van der Waals surface area contributed by atoms with E-state index < -0.39 is 21.4 Å². The predicted molar refractivity (Wildman–Crippen MR) is 24.6 cm³/mol. The summed E-state index contributed by atoms with van der Waals surface area (Å²) < 4.78 is 0. The molecule has 48 valence electrons. The minimum absolute atomic E-state index is 0.472. The number of rotatable bonds is 0. The molecule has 0 spiro atoms. The Bertz CT molecular complexity index is 47.0. The topological polar surface area (TPSA) is 43.1 Å². The van der Waals surface area contributed by atoms with E-state index in [1.165, 1.54) is 0 Å². The first kappa shape index (κ1) is 10.6. The number of hydrogen-bond acceptors (Lipinski definition) is 2. The molecule has 0 aliphatic rings. The maximum atomic E-state index is 8.81. The molecule has 0 rings (SSSR count). The SMILES string of the molecule is C[N+](=O)[O-].[Cl][Pt][Cl]. The van der Waals surface area contributed by atoms with Gasteiger partial charge in [-0.1, -0.05) is 0 Å². The van der Waals surface area contributed by atoms with Crippen molar-refractivity contribution in [3.8, 4) is 0 Å². The van der Waals surface area contributed by atoms with Gasteiger partial charge < -0.3 is 0 Å². The van der Waals surface area contributed by atoms with E-state index in [1.807, 2.05) is 0 Å². The molecule has 0 unspecified atom stereocenters. The van der Waals surface area contributed by atoms with Gasteiger partial charge in [0.2, 0.25) is 0 Å². The van der Waals surface area contributed by atoms with Crippen LogP contribution in [0, 0.1) is 10.1 Å². The first-order chi connectivity index (χ1) is 3.15. The number of halogens is 2. The molecular weight excluding hydrogens is 324 g/mol. The van der Waals surface area contributed by atoms with Crippen molar-refractivity contribution in [1.29, 1.82) is 0 Å². The molecule has 0 aromatic rings. The molecule has 0 fully saturated rings. The van der Waals surface area contributed by atoms with Crippen LogP contribution < -0.4 is 0 Å². The van der Waals surface area contributed by atoms with Crippen molar-refractivity contribution in [2.24, 2.45) is 0 Å². The maximum absolute atomic E-state index is 8.81. The van der Waals surface area contributed by atoms with Crippen LogP contribution in [0.4, 0.5) is 0 Å². The van der Waals surface area contributed by atoms with Crippen molar-refractivity contribution in [3.05, 3.63) is 10.1 Å². The summed E-state index contributed by atoms with van der Waals surface area (Å²) in [7, 11) is 10.6. The Balaban J connectivity index is 0. The molecule has 0 radical (unpaired) electrons. The average Bonchev–Trinajstić information content (AvgIpc) is 1.33. The minimum atomic E-state index is -0.500. The second-order valence-corrected chi connectivity index (χ2v) is 3.77. The van der Waals surface area contributed by atoms with E-state index in [4.69, 9.17) is 29.0 Å². The van der Waals surface area contributed by atoms with Crippen LogP contribution in [0.3, 0.4) is 0 Å². The van der Waals surface area contributed by atoms with Gasteiger partial charge in [-0.05, 0) is 0 Å². The van der Waals surface area contributed by atoms with Crippen LogP contribution in [0.1, 0.15) is 0 Å². The molecule has 7 heavy (non-hydrogen) atoms. The molecule has 6 heteroatoms. The number of hydrogen-bond donors (Lipinski definition) is 0. The summed E-state index contributed by atoms with van der Waals surface area (Å²) in [5, 5.41) is 8.81. The molecule has 0 bridgehead atoms. The quantitative estimate of drug-likeness (QED) is 0.497. The van der Waals surface area contributed by atoms with E-state index in [0.717, 1.165) is 7.05 Å². The van der Waals surface area contributed by atoms with Crippen LogP contribution in [0.2, 0.25) is 0 Å². The van der Waals surface area contributed by atoms with Crippen LogP contribution in [-0.2, 0) is 16.5 Å². The van der Waals surface area contributed by atoms with Crippen LogP contribution in [0.25, 0.3) is 0 Å². The second-order valence-electron chi connectivity index (χ2n) is 0.485. The van der Waals surface area contributed by atoms with Gasteiger partial charge in [0.25, 0.3) is 0 Å². The molecule has 0 aliphatic heterocycles. The van der Waals surface area contributed by atoms with E-state index in [2.05, 4.69) is 0 Å². The molecule has 0 aromatic heterocycles. The molecule has 3 nitrogen and oxygen atoms in total. The van der Waals surface area contributed by atoms with Crippen LogP contribution >= 0.6 is 18.8 Å². The normalized spacial score (nSPS) is 6.71. The summed E-state index contributed by atoms with van der Waals surface area (Å²) in [6.07, 6.45) is 0. The summed E-state index contributed by atoms with van der Waals surface area (Å²) >= 11 is -0.472. The van der Waals surface area contributed by atoms with Crippen molar-refractivity contribution in [3.63, 3.8) is 0 Å². The molecule has 0 saturated heterocycles. The summed E-state index contributed by atoms with van der Waals surface area (Å²) in [6, 6.07) is 0. The van der Waals surface area contributed by atoms with Gasteiger partial charge in [-0.2, -0.15) is 0 Å². The van der Waals surface area contributed by atoms with Crippen molar-refractivity contribution < 1.29 is 21.4 Å². The van der Waals surface area contributed by atoms with Gasteiger partial charge in [0, 0.05) is 4.92 Å². The average molecular weight is 327 g/mol. The molecule has 0 saturated carbocycles. The Kier molecular flexibility index (Phi) is 14.9. The van der Waals surface area contributed by atoms with Gasteiger partial charge in [-0.3, -0.25) is 10.1 Å². The van der Waals surface area contributed by atoms with Gasteiger partial charge in [0.05, 0.1) is 0 Å². The Hall–Kier alpha value is 0.668. The van der Waals surface area contributed by atoms with Crippen molar-refractivity contribution in [1.82, 2.24) is 0 Å². The summed E-state index contributed by atoms with van der Waals surface area (Å²) in [4.78, 5) is 8.31. The fourth-order valence-electron chi connectivity index (χ4n) is 0. The van der Waals surface area contributed by atoms with E-state index in [9.17, 15) is 0 Å². The molecule has 0 amide bonds. The molecule has 0 aromatic carbocycles. The third kappa shape index (κ3) is 325. The fraction of sp³-hybridized carbons (Fsp3) is 1.00. The van der Waals surface area contributed by atoms with E-state index >= 15 is 0 Å². The third-order valence-corrected chi connectivity index (χ3v) is 0. The van der Waals surface area contributed by atoms with E-state index in [0.29, 0.717) is 0 Å². The first-order valence-electron chi connectivity index (χ1n) is 1.05. The molecular formula is CH3Cl2NO2Pt. The summed E-state index contributed by atoms with van der Waals surface area (Å²) in [5.74, 6) is 0. The van der Waals surface area contributed by atoms with Gasteiger partial charge in [-0.15, -0.1) is 0 Å². The zero-order chi connectivity index (χ0) is 6.28. The van der Waals surface area contributed by atoms with Crippen molar-refractivity contribution in [2.45, 2.75) is 0 Å². The zero-order valence-corrected chi connectivity index (χ0v) is 7.12. The predicted octanol–water partition coefficient (Wildman–Crippen LogP) is 1.27. The van der Waals surface area contributed by atoms with Crippen LogP contribution in [-0.4, -0.2) is 12.0 Å². The van der Waals surface area contributed by atoms with Crippen molar-refractivity contribution in [2.75, 3.05) is 7.05 Å². The Morgan fingerprint density at radius 1 is 1.71 bits per heavy atom. The van der Waals surface area contributed by atoms with E-state index in [-0.39, 0.29) is 0 Å². The van der Waals surface area contributed by atoms with Gasteiger partial charge in [0.15, 0.2) is 7.05 Å². The standard InChI is InChI=1S/CH3NO2.2ClH.Pt/c1-2(3)4;;;/h1H3;2*1H;/q;;;+2/p-2. The Morgan fingerprint density at radius 2 is 1.71 bits per heavy atom. The van der Waals surface area contributed by atoms with Gasteiger partial charge >= 0.3 is 35.3 Å². The van der Waals surface area contributed by atoms with Gasteiger partial charge in [0.1, 0.15) is 0 Å². The van der Waals surface area contributed by atoms with Crippen LogP contribution in [0.5, 0.6) is 0 Å². The second kappa shape index (κ2) is 9.83. The third-order valence-electron chi connectivity index (χ3n) is 0. The molecule has 0 aliphatic carbocycles. The van der Waals surface area contributed by atoms with Gasteiger partial charge in [-0.25, -0.2) is 0 Å². The summed E-state index contributed by atoms with van der Waals surface area (Å²) in [5.41, 5.74) is 0. The Labute approximate surface area is 57.5 Å². The van der Waals surface area contributed by atoms with Crippen LogP contribution in [0.15, 0.2) is 0 Å². The fourth-order valence-corrected chi connectivity index (χ4v) is 0. The Morgan fingerprint density at radius 3 is 1.71 bits per heavy atom. The summed E-state index contributed by atoms with van der Waals surface area (Å²) in [6.45, 7) is 0. The number of nitrogens with zero attached hydrogens (tertiary/aromatic N) is 1.